The maximum Gasteiger partial charge on any atom is 0.173 e. The lowest BCUT2D eigenvalue weighted by Crippen LogP contribution is -2.15. The zero-order chi connectivity index (χ0) is 16.5. The van der Waals surface area contributed by atoms with E-state index in [0.717, 1.165) is 37.6 Å². The van der Waals surface area contributed by atoms with Crippen molar-refractivity contribution in [2.24, 2.45) is 0 Å². The molecule has 0 spiro atoms. The fourth-order valence-corrected chi connectivity index (χ4v) is 3.08. The van der Waals surface area contributed by atoms with E-state index in [2.05, 4.69) is 40.6 Å². The molecule has 0 bridgehead atoms. The van der Waals surface area contributed by atoms with Gasteiger partial charge in [0.05, 0.1) is 6.61 Å². The van der Waals surface area contributed by atoms with E-state index in [1.165, 1.54) is 16.7 Å². The Morgan fingerprint density at radius 3 is 2.71 bits per heavy atom. The molecule has 0 aliphatic rings. The molecule has 0 saturated carbocycles. The second kappa shape index (κ2) is 9.21. The summed E-state index contributed by atoms with van der Waals surface area (Å²) in [7, 11) is 0. The van der Waals surface area contributed by atoms with Crippen molar-refractivity contribution in [1.82, 2.24) is 10.3 Å². The first-order valence-electron chi connectivity index (χ1n) is 8.28. The number of hydrogen-bond acceptors (Lipinski definition) is 4. The van der Waals surface area contributed by atoms with Crippen LogP contribution >= 0.6 is 11.3 Å². The molecule has 3 nitrogen and oxygen atoms in total. The minimum absolute atomic E-state index is 0.785. The Kier molecular flexibility index (Phi) is 6.40. The van der Waals surface area contributed by atoms with Gasteiger partial charge in [0.1, 0.15) is 0 Å². The molecule has 0 aliphatic carbocycles. The van der Waals surface area contributed by atoms with Crippen molar-refractivity contribution in [1.29, 1.82) is 0 Å². The van der Waals surface area contributed by atoms with E-state index >= 15 is 0 Å². The number of hydrogen-bond donors (Lipinski definition) is 1. The molecule has 0 unspecified atom stereocenters. The van der Waals surface area contributed by atoms with Crippen LogP contribution in [0.2, 0.25) is 0 Å². The predicted octanol–water partition coefficient (Wildman–Crippen LogP) is 4.76. The van der Waals surface area contributed by atoms with E-state index < -0.39 is 0 Å². The Morgan fingerprint density at radius 1 is 0.958 bits per heavy atom. The van der Waals surface area contributed by atoms with E-state index in [4.69, 9.17) is 4.74 Å². The van der Waals surface area contributed by atoms with E-state index in [9.17, 15) is 0 Å². The van der Waals surface area contributed by atoms with Crippen molar-refractivity contribution in [2.75, 3.05) is 13.2 Å². The molecule has 2 heterocycles. The molecule has 2 aromatic heterocycles. The standard InChI is InChI=1S/C20H22N2OS/c1-2-7-18(8-3-1)19-13-17(15-22-16-19)14-21-10-4-5-11-23-20-9-6-12-24-20/h1-3,6-9,12-13,15-16,21H,4-5,10-11,14H2. The number of ether oxygens (including phenoxy) is 1. The van der Waals surface area contributed by atoms with E-state index in [1.54, 1.807) is 11.3 Å². The number of unbranched alkanes of at least 4 members (excludes halogenated alkanes) is 1. The SMILES string of the molecule is c1ccc(-c2cncc(CNCCCCOc3cccs3)c2)cc1. The van der Waals surface area contributed by atoms with Crippen LogP contribution in [0.4, 0.5) is 0 Å². The molecule has 0 amide bonds. The van der Waals surface area contributed by atoms with Gasteiger partial charge < -0.3 is 10.1 Å². The lowest BCUT2D eigenvalue weighted by Gasteiger charge is -2.07. The zero-order valence-corrected chi connectivity index (χ0v) is 14.5. The number of nitrogens with zero attached hydrogens (tertiary/aromatic N) is 1. The van der Waals surface area contributed by atoms with Crippen LogP contribution in [-0.4, -0.2) is 18.1 Å². The first kappa shape index (κ1) is 16.7. The number of nitrogens with one attached hydrogen (secondary N) is 1. The highest BCUT2D eigenvalue weighted by molar-refractivity contribution is 7.11. The largest absolute Gasteiger partial charge is 0.484 e. The highest BCUT2D eigenvalue weighted by atomic mass is 32.1. The monoisotopic (exact) mass is 338 g/mol. The first-order chi connectivity index (χ1) is 11.9. The quantitative estimate of drug-likeness (QED) is 0.571. The van der Waals surface area contributed by atoms with Gasteiger partial charge in [-0.1, -0.05) is 30.3 Å². The topological polar surface area (TPSA) is 34.2 Å². The Bertz CT molecular complexity index is 714. The highest BCUT2D eigenvalue weighted by Crippen LogP contribution is 2.19. The Labute approximate surface area is 147 Å². The third kappa shape index (κ3) is 5.18. The van der Waals surface area contributed by atoms with E-state index in [-0.39, 0.29) is 0 Å². The first-order valence-corrected chi connectivity index (χ1v) is 9.16. The molecule has 0 aliphatic heterocycles. The molecule has 0 radical (unpaired) electrons. The molecule has 3 rings (SSSR count). The van der Waals surface area contributed by atoms with E-state index in [1.807, 2.05) is 36.0 Å². The maximum atomic E-state index is 5.66. The Morgan fingerprint density at radius 2 is 1.88 bits per heavy atom. The minimum atomic E-state index is 0.785. The van der Waals surface area contributed by atoms with Crippen molar-refractivity contribution in [3.63, 3.8) is 0 Å². The summed E-state index contributed by atoms with van der Waals surface area (Å²) in [5.41, 5.74) is 3.59. The second-order valence-corrected chi connectivity index (χ2v) is 6.52. The van der Waals surface area contributed by atoms with Crippen LogP contribution in [0, 0.1) is 0 Å². The molecule has 1 N–H and O–H groups in total. The summed E-state index contributed by atoms with van der Waals surface area (Å²) in [5, 5.41) is 6.52. The lowest BCUT2D eigenvalue weighted by molar-refractivity contribution is 0.314. The predicted molar refractivity (Wildman–Crippen MR) is 100 cm³/mol. The van der Waals surface area contributed by atoms with Crippen molar-refractivity contribution < 1.29 is 4.74 Å². The molecule has 0 saturated heterocycles. The number of pyridine rings is 1. The molecule has 124 valence electrons. The normalized spacial score (nSPS) is 10.7. The van der Waals surface area contributed by atoms with Crippen LogP contribution in [0.3, 0.4) is 0 Å². The van der Waals surface area contributed by atoms with Crippen LogP contribution in [-0.2, 0) is 6.54 Å². The number of rotatable bonds is 9. The molecule has 0 atom stereocenters. The van der Waals surface area contributed by atoms with Crippen LogP contribution in [0.5, 0.6) is 5.06 Å². The average molecular weight is 338 g/mol. The van der Waals surface area contributed by atoms with Crippen molar-refractivity contribution in [2.45, 2.75) is 19.4 Å². The van der Waals surface area contributed by atoms with Crippen molar-refractivity contribution in [3.05, 3.63) is 71.9 Å². The number of benzene rings is 1. The summed E-state index contributed by atoms with van der Waals surface area (Å²) in [6, 6.07) is 16.6. The molecular formula is C20H22N2OS. The maximum absolute atomic E-state index is 5.66. The summed E-state index contributed by atoms with van der Waals surface area (Å²) in [4.78, 5) is 4.36. The van der Waals surface area contributed by atoms with Crippen LogP contribution in [0.25, 0.3) is 11.1 Å². The molecular weight excluding hydrogens is 316 g/mol. The van der Waals surface area contributed by atoms with Gasteiger partial charge in [0.15, 0.2) is 5.06 Å². The smallest absolute Gasteiger partial charge is 0.173 e. The molecule has 0 fully saturated rings. The fraction of sp³-hybridized carbons (Fsp3) is 0.250. The third-order valence-electron chi connectivity index (χ3n) is 3.72. The zero-order valence-electron chi connectivity index (χ0n) is 13.7. The summed E-state index contributed by atoms with van der Waals surface area (Å²) >= 11 is 1.64. The van der Waals surface area contributed by atoms with Gasteiger partial charge in [-0.3, -0.25) is 4.98 Å². The van der Waals surface area contributed by atoms with Gasteiger partial charge in [0, 0.05) is 24.5 Å². The Hall–Kier alpha value is -2.17. The summed E-state index contributed by atoms with van der Waals surface area (Å²) in [5.74, 6) is 0. The van der Waals surface area contributed by atoms with Crippen LogP contribution in [0.15, 0.2) is 66.3 Å². The van der Waals surface area contributed by atoms with Gasteiger partial charge in [-0.05, 0) is 54.1 Å². The summed E-state index contributed by atoms with van der Waals surface area (Å²) in [6.45, 7) is 2.62. The van der Waals surface area contributed by atoms with E-state index in [0.29, 0.717) is 0 Å². The van der Waals surface area contributed by atoms with Gasteiger partial charge in [0.25, 0.3) is 0 Å². The van der Waals surface area contributed by atoms with Gasteiger partial charge in [0.2, 0.25) is 0 Å². The molecule has 1 aromatic carbocycles. The van der Waals surface area contributed by atoms with Gasteiger partial charge in [-0.2, -0.15) is 0 Å². The molecule has 4 heteroatoms. The van der Waals surface area contributed by atoms with Crippen molar-refractivity contribution >= 4 is 11.3 Å². The number of aromatic nitrogens is 1. The van der Waals surface area contributed by atoms with Gasteiger partial charge >= 0.3 is 0 Å². The average Bonchev–Trinajstić information content (AvgIpc) is 3.15. The van der Waals surface area contributed by atoms with Gasteiger partial charge in [-0.15, -0.1) is 11.3 Å². The molecule has 3 aromatic rings. The summed E-state index contributed by atoms with van der Waals surface area (Å²) in [6.07, 6.45) is 6.02. The molecule has 24 heavy (non-hydrogen) atoms. The second-order valence-electron chi connectivity index (χ2n) is 5.61. The Balaban J connectivity index is 1.36. The number of thiophene rings is 1. The lowest BCUT2D eigenvalue weighted by atomic mass is 10.1. The third-order valence-corrected chi connectivity index (χ3v) is 4.50. The minimum Gasteiger partial charge on any atom is -0.484 e. The van der Waals surface area contributed by atoms with Crippen molar-refractivity contribution in [3.8, 4) is 16.2 Å². The highest BCUT2D eigenvalue weighted by Gasteiger charge is 2.00. The van der Waals surface area contributed by atoms with Crippen LogP contribution < -0.4 is 10.1 Å². The van der Waals surface area contributed by atoms with Gasteiger partial charge in [-0.25, -0.2) is 0 Å². The van der Waals surface area contributed by atoms with Crippen LogP contribution in [0.1, 0.15) is 18.4 Å². The summed E-state index contributed by atoms with van der Waals surface area (Å²) < 4.78 is 5.66. The fourth-order valence-electron chi connectivity index (χ4n) is 2.48.